The minimum Gasteiger partial charge on any atom is -0.344 e. The Morgan fingerprint density at radius 3 is 2.50 bits per heavy atom. The van der Waals surface area contributed by atoms with E-state index in [0.29, 0.717) is 25.6 Å². The zero-order valence-corrected chi connectivity index (χ0v) is 12.3. The van der Waals surface area contributed by atoms with Gasteiger partial charge in [0.1, 0.15) is 0 Å². The van der Waals surface area contributed by atoms with E-state index < -0.39 is 0 Å². The van der Waals surface area contributed by atoms with Crippen LogP contribution in [-0.4, -0.2) is 48.4 Å². The molecular weight excluding hydrogens is 226 g/mol. The SMILES string of the molecule is CCCCN(CC(=O)N(C)CCC#N)C(C)CC. The molecule has 0 fully saturated rings. The smallest absolute Gasteiger partial charge is 0.236 e. The maximum absolute atomic E-state index is 12.0. The second-order valence-electron chi connectivity index (χ2n) is 4.80. The van der Waals surface area contributed by atoms with Crippen molar-refractivity contribution in [3.05, 3.63) is 0 Å². The number of nitrogens with zero attached hydrogens (tertiary/aromatic N) is 3. The molecule has 0 aromatic rings. The number of carbonyl (C=O) groups is 1. The van der Waals surface area contributed by atoms with Crippen LogP contribution in [-0.2, 0) is 4.79 Å². The summed E-state index contributed by atoms with van der Waals surface area (Å²) in [5.74, 6) is 0.113. The topological polar surface area (TPSA) is 47.3 Å². The molecule has 0 heterocycles. The van der Waals surface area contributed by atoms with Gasteiger partial charge < -0.3 is 4.90 Å². The fraction of sp³-hybridized carbons (Fsp3) is 0.857. The van der Waals surface area contributed by atoms with E-state index >= 15 is 0 Å². The van der Waals surface area contributed by atoms with E-state index in [9.17, 15) is 4.79 Å². The van der Waals surface area contributed by atoms with Crippen LogP contribution in [0.4, 0.5) is 0 Å². The van der Waals surface area contributed by atoms with Crippen LogP contribution < -0.4 is 0 Å². The summed E-state index contributed by atoms with van der Waals surface area (Å²) >= 11 is 0. The predicted octanol–water partition coefficient (Wildman–Crippen LogP) is 2.26. The van der Waals surface area contributed by atoms with Crippen molar-refractivity contribution in [1.82, 2.24) is 9.80 Å². The van der Waals surface area contributed by atoms with E-state index in [1.807, 2.05) is 0 Å². The molecule has 0 N–H and O–H groups in total. The molecule has 18 heavy (non-hydrogen) atoms. The van der Waals surface area contributed by atoms with Crippen LogP contribution in [0.1, 0.15) is 46.5 Å². The molecule has 0 spiro atoms. The molecule has 4 nitrogen and oxygen atoms in total. The van der Waals surface area contributed by atoms with Crippen molar-refractivity contribution < 1.29 is 4.79 Å². The van der Waals surface area contributed by atoms with Gasteiger partial charge in [-0.3, -0.25) is 9.69 Å². The summed E-state index contributed by atoms with van der Waals surface area (Å²) in [5.41, 5.74) is 0. The maximum Gasteiger partial charge on any atom is 0.236 e. The summed E-state index contributed by atoms with van der Waals surface area (Å²) in [6, 6.07) is 2.50. The minimum absolute atomic E-state index is 0.113. The van der Waals surface area contributed by atoms with Gasteiger partial charge in [0.2, 0.25) is 5.91 Å². The van der Waals surface area contributed by atoms with Crippen LogP contribution in [0, 0.1) is 11.3 Å². The number of likely N-dealkylation sites (N-methyl/N-ethyl adjacent to an activating group) is 1. The summed E-state index contributed by atoms with van der Waals surface area (Å²) in [4.78, 5) is 15.9. The first-order valence-electron chi connectivity index (χ1n) is 6.91. The molecule has 0 rings (SSSR count). The number of rotatable bonds is 9. The molecule has 0 radical (unpaired) electrons. The first kappa shape index (κ1) is 16.9. The lowest BCUT2D eigenvalue weighted by atomic mass is 10.2. The van der Waals surface area contributed by atoms with Gasteiger partial charge in [-0.25, -0.2) is 0 Å². The number of hydrogen-bond donors (Lipinski definition) is 0. The Kier molecular flexibility index (Phi) is 9.31. The molecule has 4 heteroatoms. The summed E-state index contributed by atoms with van der Waals surface area (Å²) in [5, 5.41) is 8.52. The lowest BCUT2D eigenvalue weighted by molar-refractivity contribution is -0.131. The van der Waals surface area contributed by atoms with Gasteiger partial charge in [0, 0.05) is 19.6 Å². The fourth-order valence-corrected chi connectivity index (χ4v) is 1.71. The molecule has 1 unspecified atom stereocenters. The summed E-state index contributed by atoms with van der Waals surface area (Å²) in [6.07, 6.45) is 3.73. The molecule has 0 aliphatic rings. The first-order valence-corrected chi connectivity index (χ1v) is 6.91. The van der Waals surface area contributed by atoms with Crippen LogP contribution >= 0.6 is 0 Å². The lowest BCUT2D eigenvalue weighted by Gasteiger charge is -2.29. The van der Waals surface area contributed by atoms with Crippen LogP contribution in [0.5, 0.6) is 0 Å². The fourth-order valence-electron chi connectivity index (χ4n) is 1.71. The highest BCUT2D eigenvalue weighted by Crippen LogP contribution is 2.06. The number of unbranched alkanes of at least 4 members (excludes halogenated alkanes) is 1. The van der Waals surface area contributed by atoms with Crippen molar-refractivity contribution >= 4 is 5.91 Å². The Morgan fingerprint density at radius 2 is 2.00 bits per heavy atom. The van der Waals surface area contributed by atoms with Crippen molar-refractivity contribution in [3.8, 4) is 6.07 Å². The third-order valence-electron chi connectivity index (χ3n) is 3.34. The summed E-state index contributed by atoms with van der Waals surface area (Å²) in [7, 11) is 1.77. The molecule has 0 aromatic heterocycles. The largest absolute Gasteiger partial charge is 0.344 e. The average Bonchev–Trinajstić information content (AvgIpc) is 2.39. The summed E-state index contributed by atoms with van der Waals surface area (Å²) in [6.45, 7) is 8.44. The van der Waals surface area contributed by atoms with Gasteiger partial charge in [-0.05, 0) is 26.3 Å². The zero-order valence-electron chi connectivity index (χ0n) is 12.3. The Labute approximate surface area is 112 Å². The number of amides is 1. The molecular formula is C14H27N3O. The van der Waals surface area contributed by atoms with Crippen LogP contribution in [0.3, 0.4) is 0 Å². The van der Waals surface area contributed by atoms with Crippen molar-refractivity contribution in [2.45, 2.75) is 52.5 Å². The molecule has 104 valence electrons. The molecule has 0 bridgehead atoms. The molecule has 1 amide bonds. The highest BCUT2D eigenvalue weighted by atomic mass is 16.2. The first-order chi connectivity index (χ1) is 8.56. The molecule has 0 saturated heterocycles. The van der Waals surface area contributed by atoms with Gasteiger partial charge in [-0.2, -0.15) is 5.26 Å². The predicted molar refractivity (Wildman–Crippen MR) is 74.1 cm³/mol. The monoisotopic (exact) mass is 253 g/mol. The van der Waals surface area contributed by atoms with Gasteiger partial charge in [-0.1, -0.05) is 20.3 Å². The average molecular weight is 253 g/mol. The quantitative estimate of drug-likeness (QED) is 0.633. The number of hydrogen-bond acceptors (Lipinski definition) is 3. The molecule has 0 aromatic carbocycles. The minimum atomic E-state index is 0.113. The van der Waals surface area contributed by atoms with Gasteiger partial charge in [0.25, 0.3) is 0 Å². The molecule has 0 aliphatic heterocycles. The Balaban J connectivity index is 4.29. The highest BCUT2D eigenvalue weighted by molar-refractivity contribution is 5.78. The highest BCUT2D eigenvalue weighted by Gasteiger charge is 2.17. The Morgan fingerprint density at radius 1 is 1.33 bits per heavy atom. The van der Waals surface area contributed by atoms with E-state index in [0.717, 1.165) is 25.8 Å². The normalized spacial score (nSPS) is 12.2. The zero-order chi connectivity index (χ0) is 14.0. The second kappa shape index (κ2) is 9.90. The number of nitriles is 1. The van der Waals surface area contributed by atoms with Gasteiger partial charge >= 0.3 is 0 Å². The van der Waals surface area contributed by atoms with Gasteiger partial charge in [-0.15, -0.1) is 0 Å². The Hall–Kier alpha value is -1.08. The molecule has 1 atom stereocenters. The van der Waals surface area contributed by atoms with E-state index in [-0.39, 0.29) is 5.91 Å². The van der Waals surface area contributed by atoms with E-state index in [2.05, 4.69) is 31.7 Å². The standard InChI is InChI=1S/C14H27N3O/c1-5-7-11-17(13(3)6-2)12-14(18)16(4)10-8-9-15/h13H,5-8,10-12H2,1-4H3. The summed E-state index contributed by atoms with van der Waals surface area (Å²) < 4.78 is 0. The van der Waals surface area contributed by atoms with Crippen LogP contribution in [0.25, 0.3) is 0 Å². The van der Waals surface area contributed by atoms with E-state index in [1.165, 1.54) is 0 Å². The van der Waals surface area contributed by atoms with Crippen molar-refractivity contribution in [1.29, 1.82) is 5.26 Å². The third-order valence-corrected chi connectivity index (χ3v) is 3.34. The lowest BCUT2D eigenvalue weighted by Crippen LogP contribution is -2.43. The van der Waals surface area contributed by atoms with Gasteiger partial charge in [0.15, 0.2) is 0 Å². The Bertz CT molecular complexity index is 273. The van der Waals surface area contributed by atoms with Crippen LogP contribution in [0.2, 0.25) is 0 Å². The molecule has 0 saturated carbocycles. The maximum atomic E-state index is 12.0. The van der Waals surface area contributed by atoms with E-state index in [1.54, 1.807) is 11.9 Å². The number of carbonyl (C=O) groups excluding carboxylic acids is 1. The van der Waals surface area contributed by atoms with Crippen molar-refractivity contribution in [2.75, 3.05) is 26.7 Å². The van der Waals surface area contributed by atoms with Crippen LogP contribution in [0.15, 0.2) is 0 Å². The van der Waals surface area contributed by atoms with Crippen molar-refractivity contribution in [2.24, 2.45) is 0 Å². The van der Waals surface area contributed by atoms with Crippen molar-refractivity contribution in [3.63, 3.8) is 0 Å². The molecule has 0 aliphatic carbocycles. The third kappa shape index (κ3) is 6.61. The van der Waals surface area contributed by atoms with E-state index in [4.69, 9.17) is 5.26 Å². The van der Waals surface area contributed by atoms with Gasteiger partial charge in [0.05, 0.1) is 19.0 Å². The second-order valence-corrected chi connectivity index (χ2v) is 4.80.